The van der Waals surface area contributed by atoms with Crippen molar-refractivity contribution in [1.82, 2.24) is 5.32 Å². The Morgan fingerprint density at radius 3 is 2.59 bits per heavy atom. The molecule has 2 aromatic rings. The average molecular weight is 247 g/mol. The topological polar surface area (TPSA) is 32.3 Å². The molecular formula is C14H17NOS. The molecule has 0 aliphatic carbocycles. The Bertz CT molecular complexity index is 436. The summed E-state index contributed by atoms with van der Waals surface area (Å²) in [5, 5.41) is 17.0. The van der Waals surface area contributed by atoms with Gasteiger partial charge in [0.25, 0.3) is 0 Å². The number of aromatic hydroxyl groups is 1. The second-order valence-electron chi connectivity index (χ2n) is 4.28. The predicted octanol–water partition coefficient (Wildman–Crippen LogP) is 3.17. The van der Waals surface area contributed by atoms with Gasteiger partial charge in [-0.25, -0.2) is 0 Å². The number of rotatable bonds is 5. The highest BCUT2D eigenvalue weighted by molar-refractivity contribution is 7.07. The number of nitrogens with one attached hydrogen (secondary N) is 1. The van der Waals surface area contributed by atoms with E-state index in [9.17, 15) is 5.11 Å². The van der Waals surface area contributed by atoms with E-state index in [-0.39, 0.29) is 0 Å². The summed E-state index contributed by atoms with van der Waals surface area (Å²) in [7, 11) is 0. The maximum Gasteiger partial charge on any atom is 0.115 e. The fourth-order valence-electron chi connectivity index (χ4n) is 1.74. The van der Waals surface area contributed by atoms with Crippen LogP contribution in [0.4, 0.5) is 0 Å². The molecule has 2 N–H and O–H groups in total. The second-order valence-corrected chi connectivity index (χ2v) is 5.06. The lowest BCUT2D eigenvalue weighted by Gasteiger charge is -2.13. The third-order valence-electron chi connectivity index (χ3n) is 2.71. The maximum absolute atomic E-state index is 9.20. The van der Waals surface area contributed by atoms with Gasteiger partial charge in [0.15, 0.2) is 0 Å². The first-order valence-electron chi connectivity index (χ1n) is 5.76. The van der Waals surface area contributed by atoms with Gasteiger partial charge in [-0.05, 0) is 53.4 Å². The highest BCUT2D eigenvalue weighted by atomic mass is 32.1. The van der Waals surface area contributed by atoms with E-state index in [1.807, 2.05) is 12.1 Å². The summed E-state index contributed by atoms with van der Waals surface area (Å²) in [6.07, 6.45) is 0.977. The molecule has 1 aromatic carbocycles. The van der Waals surface area contributed by atoms with Crippen LogP contribution in [0.2, 0.25) is 0 Å². The van der Waals surface area contributed by atoms with Crippen molar-refractivity contribution in [2.24, 2.45) is 0 Å². The molecule has 0 bridgehead atoms. The summed E-state index contributed by atoms with van der Waals surface area (Å²) in [5.41, 5.74) is 2.58. The monoisotopic (exact) mass is 247 g/mol. The molecule has 1 unspecified atom stereocenters. The maximum atomic E-state index is 9.20. The van der Waals surface area contributed by atoms with Gasteiger partial charge in [0.2, 0.25) is 0 Å². The summed E-state index contributed by atoms with van der Waals surface area (Å²) >= 11 is 1.73. The first kappa shape index (κ1) is 12.1. The van der Waals surface area contributed by atoms with E-state index in [4.69, 9.17) is 0 Å². The summed E-state index contributed by atoms with van der Waals surface area (Å²) < 4.78 is 0. The number of thiophene rings is 1. The van der Waals surface area contributed by atoms with Gasteiger partial charge in [-0.1, -0.05) is 12.1 Å². The fraction of sp³-hybridized carbons (Fsp3) is 0.286. The Labute approximate surface area is 106 Å². The molecule has 0 radical (unpaired) electrons. The van der Waals surface area contributed by atoms with Gasteiger partial charge in [0, 0.05) is 12.6 Å². The molecular weight excluding hydrogens is 230 g/mol. The normalized spacial score (nSPS) is 12.5. The van der Waals surface area contributed by atoms with E-state index in [1.165, 1.54) is 11.1 Å². The van der Waals surface area contributed by atoms with E-state index in [0.29, 0.717) is 11.8 Å². The zero-order valence-corrected chi connectivity index (χ0v) is 10.7. The van der Waals surface area contributed by atoms with E-state index in [2.05, 4.69) is 29.1 Å². The number of phenolic OH excluding ortho intramolecular Hbond substituents is 1. The van der Waals surface area contributed by atoms with Crippen LogP contribution >= 0.6 is 11.3 Å². The highest BCUT2D eigenvalue weighted by Crippen LogP contribution is 2.11. The Kier molecular flexibility index (Phi) is 4.18. The third-order valence-corrected chi connectivity index (χ3v) is 3.45. The SMILES string of the molecule is CC(Cc1ccc(O)cc1)NCc1ccsc1. The molecule has 0 saturated carbocycles. The smallest absolute Gasteiger partial charge is 0.115 e. The Hall–Kier alpha value is -1.32. The van der Waals surface area contributed by atoms with Crippen LogP contribution < -0.4 is 5.32 Å². The van der Waals surface area contributed by atoms with Gasteiger partial charge in [-0.2, -0.15) is 11.3 Å². The molecule has 0 fully saturated rings. The van der Waals surface area contributed by atoms with Gasteiger partial charge in [0.1, 0.15) is 5.75 Å². The fourth-order valence-corrected chi connectivity index (χ4v) is 2.41. The van der Waals surface area contributed by atoms with Crippen LogP contribution in [0.25, 0.3) is 0 Å². The Morgan fingerprint density at radius 1 is 1.18 bits per heavy atom. The zero-order valence-electron chi connectivity index (χ0n) is 9.89. The van der Waals surface area contributed by atoms with Crippen molar-refractivity contribution in [2.45, 2.75) is 25.9 Å². The molecule has 1 heterocycles. The predicted molar refractivity (Wildman–Crippen MR) is 72.4 cm³/mol. The molecule has 2 nitrogen and oxygen atoms in total. The van der Waals surface area contributed by atoms with Crippen LogP contribution in [0.15, 0.2) is 41.1 Å². The quantitative estimate of drug-likeness (QED) is 0.850. The molecule has 90 valence electrons. The zero-order chi connectivity index (χ0) is 12.1. The summed E-state index contributed by atoms with van der Waals surface area (Å²) in [6, 6.07) is 9.99. The second kappa shape index (κ2) is 5.84. The van der Waals surface area contributed by atoms with Crippen LogP contribution in [-0.2, 0) is 13.0 Å². The largest absolute Gasteiger partial charge is 0.508 e. The number of phenols is 1. The molecule has 1 aromatic heterocycles. The highest BCUT2D eigenvalue weighted by Gasteiger charge is 2.03. The van der Waals surface area contributed by atoms with Crippen molar-refractivity contribution < 1.29 is 5.11 Å². The molecule has 1 atom stereocenters. The summed E-state index contributed by atoms with van der Waals surface area (Å²) in [5.74, 6) is 0.327. The molecule has 17 heavy (non-hydrogen) atoms. The minimum absolute atomic E-state index is 0.327. The van der Waals surface area contributed by atoms with Gasteiger partial charge in [-0.3, -0.25) is 0 Å². The number of hydrogen-bond donors (Lipinski definition) is 2. The summed E-state index contributed by atoms with van der Waals surface area (Å²) in [4.78, 5) is 0. The molecule has 0 aliphatic heterocycles. The van der Waals surface area contributed by atoms with Crippen LogP contribution in [0, 0.1) is 0 Å². The van der Waals surface area contributed by atoms with Gasteiger partial charge in [0.05, 0.1) is 0 Å². The molecule has 0 amide bonds. The van der Waals surface area contributed by atoms with Crippen molar-refractivity contribution in [3.63, 3.8) is 0 Å². The molecule has 2 rings (SSSR count). The standard InChI is InChI=1S/C14H17NOS/c1-11(15-9-13-6-7-17-10-13)8-12-2-4-14(16)5-3-12/h2-7,10-11,15-16H,8-9H2,1H3. The van der Waals surface area contributed by atoms with Gasteiger partial charge in [-0.15, -0.1) is 0 Å². The van der Waals surface area contributed by atoms with Crippen molar-refractivity contribution in [2.75, 3.05) is 0 Å². The molecule has 0 saturated heterocycles. The first-order valence-corrected chi connectivity index (χ1v) is 6.70. The minimum Gasteiger partial charge on any atom is -0.508 e. The Balaban J connectivity index is 1.80. The van der Waals surface area contributed by atoms with E-state index < -0.39 is 0 Å². The number of benzene rings is 1. The lowest BCUT2D eigenvalue weighted by atomic mass is 10.1. The average Bonchev–Trinajstić information content (AvgIpc) is 2.83. The van der Waals surface area contributed by atoms with Crippen LogP contribution in [0.5, 0.6) is 5.75 Å². The van der Waals surface area contributed by atoms with Gasteiger partial charge < -0.3 is 10.4 Å². The van der Waals surface area contributed by atoms with Crippen LogP contribution in [0.3, 0.4) is 0 Å². The van der Waals surface area contributed by atoms with Crippen molar-refractivity contribution >= 4 is 11.3 Å². The van der Waals surface area contributed by atoms with E-state index in [0.717, 1.165) is 13.0 Å². The van der Waals surface area contributed by atoms with Crippen molar-refractivity contribution in [1.29, 1.82) is 0 Å². The van der Waals surface area contributed by atoms with Crippen LogP contribution in [0.1, 0.15) is 18.1 Å². The first-order chi connectivity index (χ1) is 8.24. The molecule has 0 spiro atoms. The van der Waals surface area contributed by atoms with Crippen molar-refractivity contribution in [3.05, 3.63) is 52.2 Å². The third kappa shape index (κ3) is 3.88. The molecule has 0 aliphatic rings. The number of hydrogen-bond acceptors (Lipinski definition) is 3. The lowest BCUT2D eigenvalue weighted by molar-refractivity contribution is 0.474. The van der Waals surface area contributed by atoms with E-state index in [1.54, 1.807) is 23.5 Å². The minimum atomic E-state index is 0.327. The van der Waals surface area contributed by atoms with E-state index >= 15 is 0 Å². The Morgan fingerprint density at radius 2 is 1.94 bits per heavy atom. The van der Waals surface area contributed by atoms with Gasteiger partial charge >= 0.3 is 0 Å². The molecule has 3 heteroatoms. The summed E-state index contributed by atoms with van der Waals surface area (Å²) in [6.45, 7) is 3.10. The van der Waals surface area contributed by atoms with Crippen molar-refractivity contribution in [3.8, 4) is 5.75 Å². The lowest BCUT2D eigenvalue weighted by Crippen LogP contribution is -2.27. The van der Waals surface area contributed by atoms with Crippen LogP contribution in [-0.4, -0.2) is 11.1 Å².